The number of hydrogen-bond acceptors (Lipinski definition) is 4. The van der Waals surface area contributed by atoms with Crippen molar-refractivity contribution >= 4 is 28.9 Å². The second-order valence-electron chi connectivity index (χ2n) is 10.4. The number of esters is 1. The van der Waals surface area contributed by atoms with Crippen LogP contribution in [0.3, 0.4) is 0 Å². The molecule has 5 heterocycles. The number of fused-ring (bicyclic) bond motifs is 3. The number of piperidine rings is 4. The molecule has 0 N–H and O–H groups in total. The van der Waals surface area contributed by atoms with Crippen molar-refractivity contribution in [3.8, 4) is 0 Å². The van der Waals surface area contributed by atoms with E-state index in [-0.39, 0.29) is 12.1 Å². The fourth-order valence-corrected chi connectivity index (χ4v) is 7.36. The number of ether oxygens (including phenoxy) is 1. The van der Waals surface area contributed by atoms with E-state index in [2.05, 4.69) is 30.0 Å². The average molecular weight is 488 g/mol. The molecule has 6 heteroatoms. The van der Waals surface area contributed by atoms with E-state index in [1.165, 1.54) is 24.4 Å². The molecule has 4 fully saturated rings. The van der Waals surface area contributed by atoms with Gasteiger partial charge in [-0.25, -0.2) is 4.79 Å². The van der Waals surface area contributed by atoms with E-state index < -0.39 is 5.54 Å². The van der Waals surface area contributed by atoms with Gasteiger partial charge in [0.1, 0.15) is 12.1 Å². The lowest BCUT2D eigenvalue weighted by Gasteiger charge is -2.52. The van der Waals surface area contributed by atoms with Crippen molar-refractivity contribution in [2.45, 2.75) is 57.1 Å². The third-order valence-electron chi connectivity index (χ3n) is 8.48. The van der Waals surface area contributed by atoms with Gasteiger partial charge >= 0.3 is 5.97 Å². The Morgan fingerprint density at radius 1 is 1.12 bits per heavy atom. The smallest absolute Gasteiger partial charge is 0.331 e. The first kappa shape index (κ1) is 23.3. The standard InChI is InChI=1S/C27H36ClN2O2S/c1-27(22-8-4-2-5-9-22,29-15-6-3-7-16-29)26(31)32-24-20-30(17-12-21(24)13-18-30)19-14-23-10-11-25(28)33-23/h2,4-5,8-11,21,24H,3,6-7,12-20H2,1H3/q+1/t21?,24-,27-,30?/m0/s1. The number of benzene rings is 1. The molecule has 2 bridgehead atoms. The van der Waals surface area contributed by atoms with E-state index in [0.29, 0.717) is 5.92 Å². The summed E-state index contributed by atoms with van der Waals surface area (Å²) < 4.78 is 8.41. The summed E-state index contributed by atoms with van der Waals surface area (Å²) in [6.45, 7) is 8.48. The van der Waals surface area contributed by atoms with Crippen molar-refractivity contribution < 1.29 is 14.0 Å². The highest BCUT2D eigenvalue weighted by atomic mass is 35.5. The van der Waals surface area contributed by atoms with Gasteiger partial charge in [-0.05, 0) is 50.6 Å². The summed E-state index contributed by atoms with van der Waals surface area (Å²) in [4.78, 5) is 17.6. The zero-order valence-electron chi connectivity index (χ0n) is 19.7. The van der Waals surface area contributed by atoms with Crippen LogP contribution in [0.15, 0.2) is 42.5 Å². The highest BCUT2D eigenvalue weighted by Crippen LogP contribution is 2.39. The van der Waals surface area contributed by atoms with E-state index in [1.54, 1.807) is 11.3 Å². The van der Waals surface area contributed by atoms with Gasteiger partial charge in [0.05, 0.1) is 24.0 Å². The number of nitrogens with zero attached hydrogens (tertiary/aromatic N) is 2. The lowest BCUT2D eigenvalue weighted by molar-refractivity contribution is -0.946. The second kappa shape index (κ2) is 9.69. The Morgan fingerprint density at radius 2 is 1.85 bits per heavy atom. The molecular formula is C27H36ClN2O2S+. The van der Waals surface area contributed by atoms with Gasteiger partial charge in [0.2, 0.25) is 0 Å². The Bertz CT molecular complexity index is 950. The number of rotatable bonds is 7. The molecule has 1 aromatic carbocycles. The molecule has 4 nitrogen and oxygen atoms in total. The van der Waals surface area contributed by atoms with Gasteiger partial charge in [-0.2, -0.15) is 0 Å². The van der Waals surface area contributed by atoms with Crippen molar-refractivity contribution in [3.63, 3.8) is 0 Å². The van der Waals surface area contributed by atoms with E-state index in [4.69, 9.17) is 16.3 Å². The fraction of sp³-hybridized carbons (Fsp3) is 0.593. The number of thiophene rings is 1. The fourth-order valence-electron chi connectivity index (χ4n) is 6.29. The van der Waals surface area contributed by atoms with Gasteiger partial charge in [0.25, 0.3) is 0 Å². The van der Waals surface area contributed by atoms with Gasteiger partial charge < -0.3 is 9.22 Å². The molecule has 2 atom stereocenters. The maximum Gasteiger partial charge on any atom is 0.331 e. The first-order valence-corrected chi connectivity index (χ1v) is 13.8. The number of likely N-dealkylation sites (tertiary alicyclic amines) is 1. The molecule has 4 aliphatic rings. The zero-order chi connectivity index (χ0) is 22.9. The minimum Gasteiger partial charge on any atom is -0.454 e. The average Bonchev–Trinajstić information content (AvgIpc) is 3.29. The Balaban J connectivity index is 1.32. The molecule has 0 radical (unpaired) electrons. The van der Waals surface area contributed by atoms with Crippen LogP contribution in [0, 0.1) is 5.92 Å². The van der Waals surface area contributed by atoms with Crippen LogP contribution in [0.2, 0.25) is 4.34 Å². The van der Waals surface area contributed by atoms with Crippen LogP contribution in [0.4, 0.5) is 0 Å². The summed E-state index contributed by atoms with van der Waals surface area (Å²) in [5.74, 6) is 0.448. The molecule has 0 spiro atoms. The monoisotopic (exact) mass is 487 g/mol. The summed E-state index contributed by atoms with van der Waals surface area (Å²) in [6, 6.07) is 14.4. The van der Waals surface area contributed by atoms with Crippen molar-refractivity contribution in [2.24, 2.45) is 5.92 Å². The van der Waals surface area contributed by atoms with Crippen molar-refractivity contribution in [1.82, 2.24) is 4.90 Å². The summed E-state index contributed by atoms with van der Waals surface area (Å²) >= 11 is 7.84. The summed E-state index contributed by atoms with van der Waals surface area (Å²) in [5, 5.41) is 0. The molecule has 2 aromatic rings. The normalized spacial score (nSPS) is 29.5. The molecule has 4 aliphatic heterocycles. The lowest BCUT2D eigenvalue weighted by atomic mass is 9.82. The summed E-state index contributed by atoms with van der Waals surface area (Å²) in [7, 11) is 0. The van der Waals surface area contributed by atoms with Crippen LogP contribution >= 0.6 is 22.9 Å². The SMILES string of the molecule is C[C@@](C(=O)O[C@H]1C[N+]2(CCc3ccc(Cl)s3)CCC1CC2)(c1ccccc1)N1CCCCC1. The van der Waals surface area contributed by atoms with Gasteiger partial charge in [-0.15, -0.1) is 11.3 Å². The Morgan fingerprint density at radius 3 is 2.52 bits per heavy atom. The highest BCUT2D eigenvalue weighted by molar-refractivity contribution is 7.16. The molecule has 0 saturated carbocycles. The van der Waals surface area contributed by atoms with Crippen LogP contribution in [-0.4, -0.2) is 60.7 Å². The topological polar surface area (TPSA) is 29.5 Å². The van der Waals surface area contributed by atoms with E-state index in [9.17, 15) is 4.79 Å². The van der Waals surface area contributed by atoms with Crippen molar-refractivity contribution in [2.75, 3.05) is 39.3 Å². The molecular weight excluding hydrogens is 452 g/mol. The maximum absolute atomic E-state index is 13.9. The highest BCUT2D eigenvalue weighted by Gasteiger charge is 2.50. The van der Waals surface area contributed by atoms with Gasteiger partial charge in [-0.3, -0.25) is 4.90 Å². The van der Waals surface area contributed by atoms with Crippen molar-refractivity contribution in [3.05, 3.63) is 57.2 Å². The lowest BCUT2D eigenvalue weighted by Crippen LogP contribution is -2.65. The first-order valence-electron chi connectivity index (χ1n) is 12.6. The van der Waals surface area contributed by atoms with Gasteiger partial charge in [-0.1, -0.05) is 48.4 Å². The number of halogens is 1. The largest absolute Gasteiger partial charge is 0.454 e. The Kier molecular flexibility index (Phi) is 6.86. The van der Waals surface area contributed by atoms with Crippen molar-refractivity contribution in [1.29, 1.82) is 0 Å². The minimum atomic E-state index is -0.716. The predicted molar refractivity (Wildman–Crippen MR) is 135 cm³/mol. The van der Waals surface area contributed by atoms with Crippen LogP contribution in [0.1, 0.15) is 49.5 Å². The third-order valence-corrected chi connectivity index (χ3v) is 9.77. The van der Waals surface area contributed by atoms with Crippen LogP contribution < -0.4 is 0 Å². The van der Waals surface area contributed by atoms with E-state index in [0.717, 1.165) is 72.7 Å². The molecule has 0 unspecified atom stereocenters. The maximum atomic E-state index is 13.9. The number of quaternary nitrogens is 1. The second-order valence-corrected chi connectivity index (χ2v) is 12.2. The minimum absolute atomic E-state index is 0.0275. The molecule has 0 aliphatic carbocycles. The van der Waals surface area contributed by atoms with Gasteiger partial charge in [0.15, 0.2) is 6.10 Å². The van der Waals surface area contributed by atoms with E-state index >= 15 is 0 Å². The number of carbonyl (C=O) groups excluding carboxylic acids is 1. The van der Waals surface area contributed by atoms with Crippen LogP contribution in [-0.2, 0) is 21.5 Å². The summed E-state index contributed by atoms with van der Waals surface area (Å²) in [5.41, 5.74) is 0.336. The predicted octanol–water partition coefficient (Wildman–Crippen LogP) is 5.50. The quantitative estimate of drug-likeness (QED) is 0.381. The molecule has 6 rings (SSSR count). The number of hydrogen-bond donors (Lipinski definition) is 0. The molecule has 178 valence electrons. The Labute approximate surface area is 207 Å². The van der Waals surface area contributed by atoms with E-state index in [1.807, 2.05) is 24.3 Å². The third kappa shape index (κ3) is 4.75. The zero-order valence-corrected chi connectivity index (χ0v) is 21.3. The molecule has 4 saturated heterocycles. The van der Waals surface area contributed by atoms with Gasteiger partial charge in [0, 0.05) is 30.1 Å². The molecule has 1 aromatic heterocycles. The summed E-state index contributed by atoms with van der Waals surface area (Å²) in [6.07, 6.45) is 6.95. The first-order chi connectivity index (χ1) is 16.0. The number of carbonyl (C=O) groups is 1. The van der Waals surface area contributed by atoms with Crippen LogP contribution in [0.5, 0.6) is 0 Å². The molecule has 33 heavy (non-hydrogen) atoms. The molecule has 0 amide bonds. The van der Waals surface area contributed by atoms with Crippen LogP contribution in [0.25, 0.3) is 0 Å². The Hall–Kier alpha value is -1.40.